The van der Waals surface area contributed by atoms with Gasteiger partial charge in [0.1, 0.15) is 5.75 Å². The number of aryl methyl sites for hydroxylation is 1. The molecule has 5 heteroatoms. The SMILES string of the molecule is CCCn1cc(CCN2C(=O)c3ccccc3C2=O)c2ccc(OC)cc21. The molecule has 2 aromatic carbocycles. The fourth-order valence-electron chi connectivity index (χ4n) is 3.77. The van der Waals surface area contributed by atoms with Crippen LogP contribution in [0.15, 0.2) is 48.7 Å². The number of fused-ring (bicyclic) bond motifs is 2. The Bertz CT molecular complexity index is 1000. The van der Waals surface area contributed by atoms with Gasteiger partial charge < -0.3 is 9.30 Å². The lowest BCUT2D eigenvalue weighted by Gasteiger charge is -2.13. The van der Waals surface area contributed by atoms with Crippen molar-refractivity contribution >= 4 is 22.7 Å². The largest absolute Gasteiger partial charge is 0.497 e. The van der Waals surface area contributed by atoms with Crippen LogP contribution in [0.2, 0.25) is 0 Å². The zero-order chi connectivity index (χ0) is 19.0. The quantitative estimate of drug-likeness (QED) is 0.625. The minimum atomic E-state index is -0.199. The van der Waals surface area contributed by atoms with Crippen LogP contribution in [0.3, 0.4) is 0 Å². The molecule has 3 aromatic rings. The van der Waals surface area contributed by atoms with Crippen LogP contribution in [-0.4, -0.2) is 34.9 Å². The second-order valence-corrected chi connectivity index (χ2v) is 6.79. The number of benzene rings is 2. The lowest BCUT2D eigenvalue weighted by molar-refractivity contribution is 0.0656. The number of carbonyl (C=O) groups excluding carboxylic acids is 2. The van der Waals surface area contributed by atoms with Crippen LogP contribution in [0.1, 0.15) is 39.6 Å². The summed E-state index contributed by atoms with van der Waals surface area (Å²) in [7, 11) is 1.66. The van der Waals surface area contributed by atoms with Gasteiger partial charge in [0.2, 0.25) is 0 Å². The van der Waals surface area contributed by atoms with Gasteiger partial charge in [-0.2, -0.15) is 0 Å². The Labute approximate surface area is 158 Å². The van der Waals surface area contributed by atoms with Crippen molar-refractivity contribution in [3.63, 3.8) is 0 Å². The molecule has 2 amide bonds. The molecular formula is C22H22N2O3. The molecule has 0 aliphatic carbocycles. The maximum Gasteiger partial charge on any atom is 0.261 e. The summed E-state index contributed by atoms with van der Waals surface area (Å²) < 4.78 is 7.58. The Morgan fingerprint density at radius 2 is 1.67 bits per heavy atom. The molecular weight excluding hydrogens is 340 g/mol. The molecule has 0 saturated carbocycles. The van der Waals surface area contributed by atoms with E-state index in [1.54, 1.807) is 31.4 Å². The van der Waals surface area contributed by atoms with E-state index in [1.807, 2.05) is 12.1 Å². The van der Waals surface area contributed by atoms with Crippen molar-refractivity contribution in [2.75, 3.05) is 13.7 Å². The summed E-state index contributed by atoms with van der Waals surface area (Å²) in [5.74, 6) is 0.425. The Morgan fingerprint density at radius 1 is 0.963 bits per heavy atom. The zero-order valence-corrected chi connectivity index (χ0v) is 15.6. The normalized spacial score (nSPS) is 13.5. The van der Waals surface area contributed by atoms with Crippen molar-refractivity contribution in [1.82, 2.24) is 9.47 Å². The van der Waals surface area contributed by atoms with Crippen molar-refractivity contribution in [2.45, 2.75) is 26.3 Å². The van der Waals surface area contributed by atoms with Gasteiger partial charge in [-0.15, -0.1) is 0 Å². The number of rotatable bonds is 6. The maximum absolute atomic E-state index is 12.6. The molecule has 0 saturated heterocycles. The first kappa shape index (κ1) is 17.3. The van der Waals surface area contributed by atoms with Crippen molar-refractivity contribution in [3.8, 4) is 5.75 Å². The topological polar surface area (TPSA) is 51.5 Å². The van der Waals surface area contributed by atoms with Gasteiger partial charge in [0, 0.05) is 30.7 Å². The molecule has 0 N–H and O–H groups in total. The highest BCUT2D eigenvalue weighted by Crippen LogP contribution is 2.28. The lowest BCUT2D eigenvalue weighted by Crippen LogP contribution is -2.31. The highest BCUT2D eigenvalue weighted by molar-refractivity contribution is 6.21. The van der Waals surface area contributed by atoms with Crippen LogP contribution >= 0.6 is 0 Å². The molecule has 138 valence electrons. The molecule has 1 aliphatic heterocycles. The van der Waals surface area contributed by atoms with E-state index in [9.17, 15) is 9.59 Å². The van der Waals surface area contributed by atoms with E-state index >= 15 is 0 Å². The third kappa shape index (κ3) is 2.89. The fourth-order valence-corrected chi connectivity index (χ4v) is 3.77. The average molecular weight is 362 g/mol. The van der Waals surface area contributed by atoms with E-state index in [-0.39, 0.29) is 11.8 Å². The predicted octanol–water partition coefficient (Wildman–Crippen LogP) is 3.90. The number of ether oxygens (including phenoxy) is 1. The molecule has 1 aromatic heterocycles. The van der Waals surface area contributed by atoms with Gasteiger partial charge in [-0.3, -0.25) is 14.5 Å². The Morgan fingerprint density at radius 3 is 2.30 bits per heavy atom. The smallest absolute Gasteiger partial charge is 0.261 e. The second-order valence-electron chi connectivity index (χ2n) is 6.79. The number of aromatic nitrogens is 1. The number of nitrogens with zero attached hydrogens (tertiary/aromatic N) is 2. The summed E-state index contributed by atoms with van der Waals surface area (Å²) >= 11 is 0. The highest BCUT2D eigenvalue weighted by Gasteiger charge is 2.34. The molecule has 1 aliphatic rings. The first-order chi connectivity index (χ1) is 13.1. The van der Waals surface area contributed by atoms with Crippen LogP contribution in [0.4, 0.5) is 0 Å². The summed E-state index contributed by atoms with van der Waals surface area (Å²) in [6.45, 7) is 3.44. The molecule has 0 fully saturated rings. The van der Waals surface area contributed by atoms with Gasteiger partial charge in [0.15, 0.2) is 0 Å². The number of imide groups is 1. The Hall–Kier alpha value is -3.08. The molecule has 2 heterocycles. The van der Waals surface area contributed by atoms with Gasteiger partial charge in [0.05, 0.1) is 23.8 Å². The van der Waals surface area contributed by atoms with Crippen LogP contribution < -0.4 is 4.74 Å². The molecule has 0 atom stereocenters. The molecule has 0 bridgehead atoms. The summed E-state index contributed by atoms with van der Waals surface area (Å²) in [6, 6.07) is 13.1. The molecule has 4 rings (SSSR count). The Balaban J connectivity index is 1.61. The first-order valence-electron chi connectivity index (χ1n) is 9.25. The fraction of sp³-hybridized carbons (Fsp3) is 0.273. The van der Waals surface area contributed by atoms with Crippen LogP contribution in [0.5, 0.6) is 5.75 Å². The van der Waals surface area contributed by atoms with Crippen molar-refractivity contribution < 1.29 is 14.3 Å². The van der Waals surface area contributed by atoms with Gasteiger partial charge in [-0.1, -0.05) is 19.1 Å². The van der Waals surface area contributed by atoms with Crippen molar-refractivity contribution in [3.05, 3.63) is 65.4 Å². The third-order valence-electron chi connectivity index (χ3n) is 5.12. The van der Waals surface area contributed by atoms with E-state index in [2.05, 4.69) is 23.8 Å². The molecule has 0 unspecified atom stereocenters. The van der Waals surface area contributed by atoms with E-state index < -0.39 is 0 Å². The minimum Gasteiger partial charge on any atom is -0.497 e. The van der Waals surface area contributed by atoms with Crippen LogP contribution in [0.25, 0.3) is 10.9 Å². The summed E-state index contributed by atoms with van der Waals surface area (Å²) in [5.41, 5.74) is 3.26. The number of carbonyl (C=O) groups is 2. The van der Waals surface area contributed by atoms with Crippen LogP contribution in [-0.2, 0) is 13.0 Å². The van der Waals surface area contributed by atoms with E-state index in [1.165, 1.54) is 4.90 Å². The van der Waals surface area contributed by atoms with Crippen LogP contribution in [0, 0.1) is 0 Å². The lowest BCUT2D eigenvalue weighted by atomic mass is 10.1. The zero-order valence-electron chi connectivity index (χ0n) is 15.6. The van der Waals surface area contributed by atoms with Gasteiger partial charge >= 0.3 is 0 Å². The van der Waals surface area contributed by atoms with E-state index in [4.69, 9.17) is 4.74 Å². The predicted molar refractivity (Wildman–Crippen MR) is 104 cm³/mol. The number of methoxy groups -OCH3 is 1. The number of amides is 2. The molecule has 0 radical (unpaired) electrons. The van der Waals surface area contributed by atoms with Gasteiger partial charge in [0.25, 0.3) is 11.8 Å². The minimum absolute atomic E-state index is 0.199. The number of hydrogen-bond acceptors (Lipinski definition) is 3. The number of hydrogen-bond donors (Lipinski definition) is 0. The molecule has 27 heavy (non-hydrogen) atoms. The standard InChI is InChI=1S/C22H22N2O3/c1-3-11-23-14-15(17-9-8-16(27-2)13-20(17)23)10-12-24-21(25)18-6-4-5-7-19(18)22(24)26/h4-9,13-14H,3,10-12H2,1-2H3. The van der Waals surface area contributed by atoms with E-state index in [0.29, 0.717) is 24.1 Å². The summed E-state index contributed by atoms with van der Waals surface area (Å²) in [6.07, 6.45) is 3.79. The summed E-state index contributed by atoms with van der Waals surface area (Å²) in [4.78, 5) is 26.5. The Kier molecular flexibility index (Phi) is 4.44. The van der Waals surface area contributed by atoms with Gasteiger partial charge in [-0.25, -0.2) is 0 Å². The molecule has 0 spiro atoms. The highest BCUT2D eigenvalue weighted by atomic mass is 16.5. The third-order valence-corrected chi connectivity index (χ3v) is 5.12. The average Bonchev–Trinajstić information content (AvgIpc) is 3.16. The van der Waals surface area contributed by atoms with Gasteiger partial charge in [-0.05, 0) is 42.7 Å². The monoisotopic (exact) mass is 362 g/mol. The second kappa shape index (κ2) is 6.91. The summed E-state index contributed by atoms with van der Waals surface area (Å²) in [5, 5.41) is 1.14. The van der Waals surface area contributed by atoms with Crippen molar-refractivity contribution in [2.24, 2.45) is 0 Å². The van der Waals surface area contributed by atoms with E-state index in [0.717, 1.165) is 35.2 Å². The first-order valence-corrected chi connectivity index (χ1v) is 9.25. The van der Waals surface area contributed by atoms with Crippen molar-refractivity contribution in [1.29, 1.82) is 0 Å². The molecule has 5 nitrogen and oxygen atoms in total. The maximum atomic E-state index is 12.6.